The Balaban J connectivity index is 0.00000242. The van der Waals surface area contributed by atoms with Gasteiger partial charge in [0.05, 0.1) is 6.10 Å². The average Bonchev–Trinajstić information content (AvgIpc) is 2.89. The highest BCUT2D eigenvalue weighted by atomic mass is 127. The molecular weight excluding hydrogens is 395 g/mol. The summed E-state index contributed by atoms with van der Waals surface area (Å²) in [6.07, 6.45) is 2.90. The molecule has 1 saturated heterocycles. The summed E-state index contributed by atoms with van der Waals surface area (Å²) in [7, 11) is 0. The molecule has 128 valence electrons. The van der Waals surface area contributed by atoms with E-state index in [-0.39, 0.29) is 36.0 Å². The molecule has 2 atom stereocenters. The number of nitrogens with zero attached hydrogens (tertiary/aromatic N) is 3. The maximum Gasteiger partial charge on any atom is 0.219 e. The second kappa shape index (κ2) is 9.54. The van der Waals surface area contributed by atoms with Crippen LogP contribution in [0.3, 0.4) is 0 Å². The molecule has 0 aromatic heterocycles. The maximum atomic E-state index is 11.4. The van der Waals surface area contributed by atoms with Crippen LogP contribution in [0.2, 0.25) is 0 Å². The molecular formula is C15H29IN4O2. The van der Waals surface area contributed by atoms with E-state index in [9.17, 15) is 9.90 Å². The number of carbonyl (C=O) groups excluding carboxylic acids is 1. The number of hydrogen-bond acceptors (Lipinski definition) is 3. The highest BCUT2D eigenvalue weighted by molar-refractivity contribution is 14.0. The Morgan fingerprint density at radius 2 is 1.86 bits per heavy atom. The Morgan fingerprint density at radius 3 is 2.36 bits per heavy atom. The number of carbonyl (C=O) groups is 1. The molecule has 22 heavy (non-hydrogen) atoms. The maximum absolute atomic E-state index is 11.4. The lowest BCUT2D eigenvalue weighted by Crippen LogP contribution is -2.53. The van der Waals surface area contributed by atoms with E-state index in [1.54, 1.807) is 6.92 Å². The third kappa shape index (κ3) is 5.26. The molecule has 2 fully saturated rings. The second-order valence-corrected chi connectivity index (χ2v) is 5.95. The number of guanidine groups is 1. The summed E-state index contributed by atoms with van der Waals surface area (Å²) in [6.45, 7) is 8.35. The van der Waals surface area contributed by atoms with Crippen molar-refractivity contribution in [3.63, 3.8) is 0 Å². The van der Waals surface area contributed by atoms with Crippen molar-refractivity contribution in [1.82, 2.24) is 15.1 Å². The van der Waals surface area contributed by atoms with E-state index in [1.807, 2.05) is 4.90 Å². The molecule has 0 radical (unpaired) electrons. The van der Waals surface area contributed by atoms with E-state index < -0.39 is 0 Å². The van der Waals surface area contributed by atoms with E-state index in [4.69, 9.17) is 4.99 Å². The molecule has 1 saturated carbocycles. The smallest absolute Gasteiger partial charge is 0.219 e. The SMILES string of the molecule is CCNC(=NCC1CCCC1O)N1CCN(C(C)=O)CC1.I. The molecule has 6 nitrogen and oxygen atoms in total. The van der Waals surface area contributed by atoms with Crippen LogP contribution in [0.4, 0.5) is 0 Å². The number of halogens is 1. The highest BCUT2D eigenvalue weighted by Crippen LogP contribution is 2.25. The lowest BCUT2D eigenvalue weighted by atomic mass is 10.1. The molecule has 1 heterocycles. The molecule has 1 aliphatic carbocycles. The van der Waals surface area contributed by atoms with Crippen LogP contribution in [0.1, 0.15) is 33.1 Å². The van der Waals surface area contributed by atoms with Crippen LogP contribution in [0.5, 0.6) is 0 Å². The monoisotopic (exact) mass is 424 g/mol. The molecule has 0 bridgehead atoms. The lowest BCUT2D eigenvalue weighted by molar-refractivity contribution is -0.130. The van der Waals surface area contributed by atoms with Gasteiger partial charge < -0.3 is 20.2 Å². The molecule has 0 aromatic carbocycles. The van der Waals surface area contributed by atoms with E-state index in [0.717, 1.165) is 57.9 Å². The predicted molar refractivity (Wildman–Crippen MR) is 98.6 cm³/mol. The molecule has 7 heteroatoms. The van der Waals surface area contributed by atoms with Crippen LogP contribution in [0.25, 0.3) is 0 Å². The number of hydrogen-bond donors (Lipinski definition) is 2. The summed E-state index contributed by atoms with van der Waals surface area (Å²) in [4.78, 5) is 20.2. The molecule has 2 unspecified atom stereocenters. The number of aliphatic hydroxyl groups is 1. The van der Waals surface area contributed by atoms with Crippen molar-refractivity contribution in [3.8, 4) is 0 Å². The minimum Gasteiger partial charge on any atom is -0.393 e. The van der Waals surface area contributed by atoms with Crippen molar-refractivity contribution in [3.05, 3.63) is 0 Å². The summed E-state index contributed by atoms with van der Waals surface area (Å²) in [5.41, 5.74) is 0. The van der Waals surface area contributed by atoms with Gasteiger partial charge in [-0.15, -0.1) is 24.0 Å². The fourth-order valence-electron chi connectivity index (χ4n) is 3.09. The van der Waals surface area contributed by atoms with Crippen LogP contribution in [0.15, 0.2) is 4.99 Å². The van der Waals surface area contributed by atoms with Gasteiger partial charge in [0.2, 0.25) is 5.91 Å². The first-order valence-electron chi connectivity index (χ1n) is 8.08. The molecule has 1 amide bonds. The average molecular weight is 424 g/mol. The van der Waals surface area contributed by atoms with Gasteiger partial charge in [-0.25, -0.2) is 0 Å². The third-order valence-corrected chi connectivity index (χ3v) is 4.45. The van der Waals surface area contributed by atoms with Crippen molar-refractivity contribution in [2.24, 2.45) is 10.9 Å². The number of aliphatic imine (C=N–C) groups is 1. The number of nitrogens with one attached hydrogen (secondary N) is 1. The fraction of sp³-hybridized carbons (Fsp3) is 0.867. The summed E-state index contributed by atoms with van der Waals surface area (Å²) in [6, 6.07) is 0. The summed E-state index contributed by atoms with van der Waals surface area (Å²) in [5.74, 6) is 1.36. The summed E-state index contributed by atoms with van der Waals surface area (Å²) in [5, 5.41) is 13.2. The number of piperazine rings is 1. The number of aliphatic hydroxyl groups excluding tert-OH is 1. The zero-order valence-electron chi connectivity index (χ0n) is 13.6. The molecule has 0 spiro atoms. The van der Waals surface area contributed by atoms with Crippen molar-refractivity contribution < 1.29 is 9.90 Å². The highest BCUT2D eigenvalue weighted by Gasteiger charge is 2.26. The van der Waals surface area contributed by atoms with Gasteiger partial charge in [0, 0.05) is 52.1 Å². The Hall–Kier alpha value is -0.570. The minimum atomic E-state index is -0.189. The van der Waals surface area contributed by atoms with Gasteiger partial charge in [-0.2, -0.15) is 0 Å². The molecule has 0 aromatic rings. The summed E-state index contributed by atoms with van der Waals surface area (Å²) >= 11 is 0. The predicted octanol–water partition coefficient (Wildman–Crippen LogP) is 0.895. The zero-order chi connectivity index (χ0) is 15.2. The Kier molecular flexibility index (Phi) is 8.45. The minimum absolute atomic E-state index is 0. The van der Waals surface area contributed by atoms with Gasteiger partial charge in [-0.3, -0.25) is 9.79 Å². The van der Waals surface area contributed by atoms with Crippen LogP contribution in [-0.4, -0.2) is 72.1 Å². The van der Waals surface area contributed by atoms with Crippen LogP contribution < -0.4 is 5.32 Å². The molecule has 2 N–H and O–H groups in total. The van der Waals surface area contributed by atoms with E-state index in [0.29, 0.717) is 12.5 Å². The molecule has 1 aliphatic heterocycles. The Bertz CT molecular complexity index is 384. The first kappa shape index (κ1) is 19.5. The quantitative estimate of drug-likeness (QED) is 0.401. The van der Waals surface area contributed by atoms with Crippen LogP contribution >= 0.6 is 24.0 Å². The normalized spacial score (nSPS) is 25.9. The van der Waals surface area contributed by atoms with Crippen LogP contribution in [0, 0.1) is 5.92 Å². The summed E-state index contributed by atoms with van der Waals surface area (Å²) < 4.78 is 0. The van der Waals surface area contributed by atoms with Gasteiger partial charge in [0.1, 0.15) is 0 Å². The molecule has 2 rings (SSSR count). The second-order valence-electron chi connectivity index (χ2n) is 5.95. The Morgan fingerprint density at radius 1 is 1.23 bits per heavy atom. The lowest BCUT2D eigenvalue weighted by Gasteiger charge is -2.36. The van der Waals surface area contributed by atoms with Gasteiger partial charge in [0.25, 0.3) is 0 Å². The van der Waals surface area contributed by atoms with Crippen molar-refractivity contribution in [2.75, 3.05) is 39.3 Å². The zero-order valence-corrected chi connectivity index (χ0v) is 16.0. The van der Waals surface area contributed by atoms with Crippen molar-refractivity contribution in [2.45, 2.75) is 39.2 Å². The van der Waals surface area contributed by atoms with Gasteiger partial charge >= 0.3 is 0 Å². The topological polar surface area (TPSA) is 68.2 Å². The third-order valence-electron chi connectivity index (χ3n) is 4.45. The standard InChI is InChI=1S/C15H28N4O2.HI/c1-3-16-15(17-11-13-5-4-6-14(13)21)19-9-7-18(8-10-19)12(2)20;/h13-14,21H,3-11H2,1-2H3,(H,16,17);1H. The Labute approximate surface area is 150 Å². The molecule has 2 aliphatic rings. The van der Waals surface area contributed by atoms with Crippen LogP contribution in [-0.2, 0) is 4.79 Å². The van der Waals surface area contributed by atoms with Gasteiger partial charge in [0.15, 0.2) is 5.96 Å². The van der Waals surface area contributed by atoms with Crippen molar-refractivity contribution in [1.29, 1.82) is 0 Å². The van der Waals surface area contributed by atoms with Gasteiger partial charge in [-0.05, 0) is 19.8 Å². The first-order chi connectivity index (χ1) is 10.1. The number of amides is 1. The van der Waals surface area contributed by atoms with Crippen molar-refractivity contribution >= 4 is 35.8 Å². The largest absolute Gasteiger partial charge is 0.393 e. The van der Waals surface area contributed by atoms with Gasteiger partial charge in [-0.1, -0.05) is 6.42 Å². The van der Waals surface area contributed by atoms with E-state index >= 15 is 0 Å². The van der Waals surface area contributed by atoms with E-state index in [1.165, 1.54) is 0 Å². The van der Waals surface area contributed by atoms with E-state index in [2.05, 4.69) is 17.1 Å². The fourth-order valence-corrected chi connectivity index (χ4v) is 3.09. The number of rotatable bonds is 3. The first-order valence-corrected chi connectivity index (χ1v) is 8.08.